The summed E-state index contributed by atoms with van der Waals surface area (Å²) in [5, 5.41) is 0. The standard InChI is InChI=1S/C8H11N.H2/c1-7-4-2-3-5-8(9)6-7;/h3-6H,2,9H2,1H3;1H. The highest BCUT2D eigenvalue weighted by molar-refractivity contribution is 5.30. The van der Waals surface area contributed by atoms with Gasteiger partial charge in [0.2, 0.25) is 0 Å². The number of hydrogen-bond donors (Lipinski definition) is 1. The van der Waals surface area contributed by atoms with E-state index in [9.17, 15) is 0 Å². The van der Waals surface area contributed by atoms with Crippen molar-refractivity contribution >= 4 is 0 Å². The van der Waals surface area contributed by atoms with Crippen molar-refractivity contribution in [2.75, 3.05) is 0 Å². The average molecular weight is 123 g/mol. The SMILES string of the molecule is CC1=CCC=CC(N)=C1.[HH]. The molecule has 0 saturated heterocycles. The largest absolute Gasteiger partial charge is 0.399 e. The Labute approximate surface area is 57.0 Å². The molecule has 0 atom stereocenters. The fourth-order valence-corrected chi connectivity index (χ4v) is 0.828. The predicted molar refractivity (Wildman–Crippen MR) is 41.9 cm³/mol. The van der Waals surface area contributed by atoms with E-state index in [2.05, 4.69) is 19.1 Å². The van der Waals surface area contributed by atoms with Gasteiger partial charge in [0, 0.05) is 7.12 Å². The van der Waals surface area contributed by atoms with E-state index in [1.807, 2.05) is 12.2 Å². The fraction of sp³-hybridized carbons (Fsp3) is 0.250. The molecule has 0 bridgehead atoms. The van der Waals surface area contributed by atoms with Crippen LogP contribution in [0.2, 0.25) is 0 Å². The molecule has 0 aliphatic heterocycles. The summed E-state index contributed by atoms with van der Waals surface area (Å²) in [6.07, 6.45) is 9.12. The van der Waals surface area contributed by atoms with Crippen molar-refractivity contribution in [2.45, 2.75) is 13.3 Å². The van der Waals surface area contributed by atoms with Gasteiger partial charge in [-0.2, -0.15) is 0 Å². The van der Waals surface area contributed by atoms with Gasteiger partial charge in [-0.25, -0.2) is 0 Å². The summed E-state index contributed by atoms with van der Waals surface area (Å²) in [6.45, 7) is 2.06. The van der Waals surface area contributed by atoms with E-state index >= 15 is 0 Å². The van der Waals surface area contributed by atoms with Crippen LogP contribution in [-0.4, -0.2) is 0 Å². The molecule has 1 rings (SSSR count). The molecular formula is C8H13N. The molecule has 1 aliphatic carbocycles. The van der Waals surface area contributed by atoms with E-state index in [1.165, 1.54) is 5.57 Å². The van der Waals surface area contributed by atoms with Crippen LogP contribution in [0.5, 0.6) is 0 Å². The first-order valence-corrected chi connectivity index (χ1v) is 3.09. The molecule has 0 saturated carbocycles. The van der Waals surface area contributed by atoms with E-state index in [0.29, 0.717) is 0 Å². The lowest BCUT2D eigenvalue weighted by Gasteiger charge is -1.88. The Morgan fingerprint density at radius 2 is 2.44 bits per heavy atom. The van der Waals surface area contributed by atoms with E-state index in [4.69, 9.17) is 5.73 Å². The summed E-state index contributed by atoms with van der Waals surface area (Å²) in [5.74, 6) is 0. The number of nitrogens with two attached hydrogens (primary N) is 1. The second kappa shape index (κ2) is 2.53. The van der Waals surface area contributed by atoms with E-state index in [1.54, 1.807) is 0 Å². The van der Waals surface area contributed by atoms with Crippen molar-refractivity contribution < 1.29 is 1.43 Å². The minimum Gasteiger partial charge on any atom is -0.399 e. The first kappa shape index (κ1) is 6.14. The second-order valence-electron chi connectivity index (χ2n) is 2.23. The number of hydrogen-bond acceptors (Lipinski definition) is 1. The van der Waals surface area contributed by atoms with Crippen LogP contribution < -0.4 is 5.73 Å². The van der Waals surface area contributed by atoms with Crippen molar-refractivity contribution in [1.82, 2.24) is 0 Å². The first-order valence-electron chi connectivity index (χ1n) is 3.09. The Bertz CT molecular complexity index is 189. The Morgan fingerprint density at radius 3 is 3.22 bits per heavy atom. The normalized spacial score (nSPS) is 18.3. The van der Waals surface area contributed by atoms with Crippen LogP contribution in [0.25, 0.3) is 0 Å². The molecule has 2 N–H and O–H groups in total. The smallest absolute Gasteiger partial charge is 0.0313 e. The highest BCUT2D eigenvalue weighted by atomic mass is 14.6. The van der Waals surface area contributed by atoms with Crippen molar-refractivity contribution in [3.8, 4) is 0 Å². The maximum atomic E-state index is 5.56. The van der Waals surface area contributed by atoms with Gasteiger partial charge < -0.3 is 5.73 Å². The highest BCUT2D eigenvalue weighted by Crippen LogP contribution is 2.05. The van der Waals surface area contributed by atoms with Crippen molar-refractivity contribution in [3.63, 3.8) is 0 Å². The summed E-state index contributed by atoms with van der Waals surface area (Å²) in [6, 6.07) is 0. The lowest BCUT2D eigenvalue weighted by molar-refractivity contribution is 1.35. The number of allylic oxidation sites excluding steroid dienone is 5. The predicted octanol–water partition coefficient (Wildman–Crippen LogP) is 1.98. The van der Waals surface area contributed by atoms with Crippen molar-refractivity contribution in [3.05, 3.63) is 35.6 Å². The summed E-state index contributed by atoms with van der Waals surface area (Å²) in [4.78, 5) is 0. The molecule has 9 heavy (non-hydrogen) atoms. The first-order chi connectivity index (χ1) is 4.29. The summed E-state index contributed by atoms with van der Waals surface area (Å²) >= 11 is 0. The van der Waals surface area contributed by atoms with Gasteiger partial charge in [0.15, 0.2) is 0 Å². The summed E-state index contributed by atoms with van der Waals surface area (Å²) < 4.78 is 0. The van der Waals surface area contributed by atoms with E-state index in [0.717, 1.165) is 12.1 Å². The maximum absolute atomic E-state index is 5.56. The Balaban J connectivity index is 0.000000810. The Hall–Kier alpha value is -0.980. The molecular weight excluding hydrogens is 110 g/mol. The van der Waals surface area contributed by atoms with Gasteiger partial charge in [-0.15, -0.1) is 0 Å². The maximum Gasteiger partial charge on any atom is 0.0313 e. The zero-order valence-corrected chi connectivity index (χ0v) is 5.59. The van der Waals surface area contributed by atoms with Crippen molar-refractivity contribution in [1.29, 1.82) is 0 Å². The third-order valence-corrected chi connectivity index (χ3v) is 1.28. The van der Waals surface area contributed by atoms with E-state index < -0.39 is 0 Å². The van der Waals surface area contributed by atoms with Gasteiger partial charge >= 0.3 is 0 Å². The van der Waals surface area contributed by atoms with Gasteiger partial charge in [0.1, 0.15) is 0 Å². The minimum absolute atomic E-state index is 0. The molecule has 0 aromatic heterocycles. The molecule has 50 valence electrons. The molecule has 0 aromatic rings. The third-order valence-electron chi connectivity index (χ3n) is 1.28. The fourth-order valence-electron chi connectivity index (χ4n) is 0.828. The monoisotopic (exact) mass is 123 g/mol. The zero-order chi connectivity index (χ0) is 6.69. The van der Waals surface area contributed by atoms with Crippen LogP contribution in [-0.2, 0) is 0 Å². The van der Waals surface area contributed by atoms with Gasteiger partial charge in [0.05, 0.1) is 0 Å². The lowest BCUT2D eigenvalue weighted by Crippen LogP contribution is -1.91. The van der Waals surface area contributed by atoms with Gasteiger partial charge in [-0.3, -0.25) is 0 Å². The molecule has 1 aliphatic rings. The quantitative estimate of drug-likeness (QED) is 0.523. The topological polar surface area (TPSA) is 26.0 Å². The van der Waals surface area contributed by atoms with E-state index in [-0.39, 0.29) is 1.43 Å². The molecule has 0 aromatic carbocycles. The summed E-state index contributed by atoms with van der Waals surface area (Å²) in [7, 11) is 0. The molecule has 1 nitrogen and oxygen atoms in total. The lowest BCUT2D eigenvalue weighted by atomic mass is 10.2. The molecule has 0 fully saturated rings. The van der Waals surface area contributed by atoms with Crippen LogP contribution in [0, 0.1) is 0 Å². The van der Waals surface area contributed by atoms with Crippen LogP contribution in [0.1, 0.15) is 14.8 Å². The minimum atomic E-state index is 0. The van der Waals surface area contributed by atoms with Gasteiger partial charge in [-0.1, -0.05) is 17.7 Å². The molecule has 0 spiro atoms. The Morgan fingerprint density at radius 1 is 1.67 bits per heavy atom. The van der Waals surface area contributed by atoms with Crippen LogP contribution in [0.15, 0.2) is 35.6 Å². The van der Waals surface area contributed by atoms with Crippen molar-refractivity contribution in [2.24, 2.45) is 5.73 Å². The second-order valence-corrected chi connectivity index (χ2v) is 2.23. The molecule has 0 radical (unpaired) electrons. The average Bonchev–Trinajstić information content (AvgIpc) is 1.93. The molecule has 1 heteroatoms. The van der Waals surface area contributed by atoms with Gasteiger partial charge in [-0.05, 0) is 25.5 Å². The summed E-state index contributed by atoms with van der Waals surface area (Å²) in [5.41, 5.74) is 7.65. The highest BCUT2D eigenvalue weighted by Gasteiger charge is 1.88. The Kier molecular flexibility index (Phi) is 1.73. The van der Waals surface area contributed by atoms with Crippen LogP contribution in [0.4, 0.5) is 0 Å². The molecule has 0 amide bonds. The van der Waals surface area contributed by atoms with Crippen LogP contribution in [0.3, 0.4) is 0 Å². The molecule has 0 unspecified atom stereocenters. The zero-order valence-electron chi connectivity index (χ0n) is 5.59. The van der Waals surface area contributed by atoms with Crippen LogP contribution >= 0.6 is 0 Å². The number of rotatable bonds is 0. The molecule has 0 heterocycles. The van der Waals surface area contributed by atoms with Gasteiger partial charge in [0.25, 0.3) is 0 Å². The third kappa shape index (κ3) is 1.76.